The van der Waals surface area contributed by atoms with Gasteiger partial charge in [-0.3, -0.25) is 0 Å². The predicted octanol–water partition coefficient (Wildman–Crippen LogP) is 3.40. The van der Waals surface area contributed by atoms with Gasteiger partial charge in [0.15, 0.2) is 0 Å². The van der Waals surface area contributed by atoms with Crippen LogP contribution < -0.4 is 5.32 Å². The first-order valence-electron chi connectivity index (χ1n) is 11.0. The number of aromatic amines is 1. The van der Waals surface area contributed by atoms with Crippen molar-refractivity contribution in [1.29, 1.82) is 0 Å². The number of nitrogens with zero attached hydrogens (tertiary/aromatic N) is 3. The highest BCUT2D eigenvalue weighted by atomic mass is 32.2. The molecule has 3 aromatic rings. The van der Waals surface area contributed by atoms with E-state index in [1.54, 1.807) is 12.1 Å². The molecular weight excluding hydrogens is 445 g/mol. The third-order valence-electron chi connectivity index (χ3n) is 6.19. The molecule has 2 aliphatic heterocycles. The minimum Gasteiger partial charge on any atom is -0.382 e. The smallest absolute Gasteiger partial charge is 0.211 e. The van der Waals surface area contributed by atoms with E-state index in [-0.39, 0.29) is 11.9 Å². The first kappa shape index (κ1) is 22.0. The number of H-pyrrole nitrogens is 1. The minimum absolute atomic E-state index is 0.180. The number of fused-ring (bicyclic) bond motifs is 1. The molecule has 2 aromatic heterocycles. The van der Waals surface area contributed by atoms with Crippen LogP contribution in [-0.2, 0) is 14.8 Å². The Bertz CT molecular complexity index is 1310. The molecule has 1 fully saturated rings. The van der Waals surface area contributed by atoms with Crippen molar-refractivity contribution in [2.75, 3.05) is 37.8 Å². The first-order valence-corrected chi connectivity index (χ1v) is 12.9. The summed E-state index contributed by atoms with van der Waals surface area (Å²) in [6.45, 7) is 2.22. The minimum atomic E-state index is -3.22. The maximum Gasteiger partial charge on any atom is 0.211 e. The molecule has 1 saturated heterocycles. The van der Waals surface area contributed by atoms with E-state index >= 15 is 0 Å². The van der Waals surface area contributed by atoms with Crippen LogP contribution in [0.25, 0.3) is 27.9 Å². The molecular formula is C23H26FN5O3S. The zero-order valence-electron chi connectivity index (χ0n) is 18.3. The molecule has 0 saturated carbocycles. The summed E-state index contributed by atoms with van der Waals surface area (Å²) in [5.74, 6) is -0.360. The fraction of sp³-hybridized carbons (Fsp3) is 0.391. The van der Waals surface area contributed by atoms with Crippen molar-refractivity contribution in [3.63, 3.8) is 0 Å². The van der Waals surface area contributed by atoms with E-state index in [1.807, 2.05) is 12.1 Å². The maximum absolute atomic E-state index is 14.8. The van der Waals surface area contributed by atoms with Gasteiger partial charge in [-0.15, -0.1) is 0 Å². The highest BCUT2D eigenvalue weighted by Crippen LogP contribution is 2.33. The number of sulfonamides is 1. The van der Waals surface area contributed by atoms with E-state index < -0.39 is 10.0 Å². The topological polar surface area (TPSA) is 100 Å². The average molecular weight is 472 g/mol. The monoisotopic (exact) mass is 471 g/mol. The van der Waals surface area contributed by atoms with Crippen LogP contribution in [0, 0.1) is 5.82 Å². The molecule has 0 radical (unpaired) electrons. The number of hydrogen-bond donors (Lipinski definition) is 2. The van der Waals surface area contributed by atoms with Gasteiger partial charge in [0.2, 0.25) is 10.0 Å². The molecule has 33 heavy (non-hydrogen) atoms. The van der Waals surface area contributed by atoms with E-state index in [1.165, 1.54) is 23.0 Å². The molecule has 0 amide bonds. The second-order valence-corrected chi connectivity index (χ2v) is 10.5. The molecule has 2 aliphatic rings. The van der Waals surface area contributed by atoms with Crippen LogP contribution in [0.1, 0.15) is 25.0 Å². The van der Waals surface area contributed by atoms with Gasteiger partial charge in [0.1, 0.15) is 17.8 Å². The second-order valence-electron chi connectivity index (χ2n) is 8.48. The summed E-state index contributed by atoms with van der Waals surface area (Å²) in [6.07, 6.45) is 7.40. The van der Waals surface area contributed by atoms with Crippen LogP contribution in [0.3, 0.4) is 0 Å². The molecule has 4 heterocycles. The Labute approximate surface area is 191 Å². The maximum atomic E-state index is 14.8. The van der Waals surface area contributed by atoms with Crippen LogP contribution in [0.5, 0.6) is 0 Å². The number of anilines is 1. The van der Waals surface area contributed by atoms with Crippen molar-refractivity contribution in [3.05, 3.63) is 48.2 Å². The molecule has 174 valence electrons. The normalized spacial score (nSPS) is 19.7. The predicted molar refractivity (Wildman–Crippen MR) is 126 cm³/mol. The SMILES string of the molecule is CS(=O)(=O)N1CC=C(c2cc3c(-c4cc(NCC5CCCO5)ccc4F)ncnc3[nH]2)CC1. The average Bonchev–Trinajstić information content (AvgIpc) is 3.48. The lowest BCUT2D eigenvalue weighted by molar-refractivity contribution is 0.120. The molecule has 1 unspecified atom stereocenters. The number of aromatic nitrogens is 3. The fourth-order valence-electron chi connectivity index (χ4n) is 4.38. The zero-order valence-corrected chi connectivity index (χ0v) is 19.2. The largest absolute Gasteiger partial charge is 0.382 e. The van der Waals surface area contributed by atoms with E-state index in [0.717, 1.165) is 36.4 Å². The third-order valence-corrected chi connectivity index (χ3v) is 7.46. The summed E-state index contributed by atoms with van der Waals surface area (Å²) >= 11 is 0. The van der Waals surface area contributed by atoms with E-state index in [2.05, 4.69) is 20.3 Å². The summed E-state index contributed by atoms with van der Waals surface area (Å²) in [4.78, 5) is 12.0. The lowest BCUT2D eigenvalue weighted by atomic mass is 10.0. The van der Waals surface area contributed by atoms with Crippen molar-refractivity contribution in [1.82, 2.24) is 19.3 Å². The van der Waals surface area contributed by atoms with Crippen LogP contribution in [0.2, 0.25) is 0 Å². The van der Waals surface area contributed by atoms with Crippen molar-refractivity contribution >= 4 is 32.3 Å². The molecule has 0 aliphatic carbocycles. The van der Waals surface area contributed by atoms with Gasteiger partial charge in [-0.2, -0.15) is 4.31 Å². The summed E-state index contributed by atoms with van der Waals surface area (Å²) in [6, 6.07) is 6.84. The molecule has 0 spiro atoms. The highest BCUT2D eigenvalue weighted by molar-refractivity contribution is 7.88. The highest BCUT2D eigenvalue weighted by Gasteiger charge is 2.22. The Morgan fingerprint density at radius 3 is 2.91 bits per heavy atom. The first-order chi connectivity index (χ1) is 15.9. The van der Waals surface area contributed by atoms with Gasteiger partial charge in [-0.05, 0) is 49.1 Å². The van der Waals surface area contributed by atoms with Gasteiger partial charge < -0.3 is 15.0 Å². The number of halogens is 1. The van der Waals surface area contributed by atoms with Crippen LogP contribution >= 0.6 is 0 Å². The molecule has 0 bridgehead atoms. The van der Waals surface area contributed by atoms with Crippen LogP contribution in [-0.4, -0.2) is 66.3 Å². The van der Waals surface area contributed by atoms with E-state index in [4.69, 9.17) is 4.74 Å². The lowest BCUT2D eigenvalue weighted by Gasteiger charge is -2.23. The van der Waals surface area contributed by atoms with Gasteiger partial charge in [-0.25, -0.2) is 22.8 Å². The number of benzene rings is 1. The van der Waals surface area contributed by atoms with Gasteiger partial charge in [0.25, 0.3) is 0 Å². The van der Waals surface area contributed by atoms with Gasteiger partial charge in [0.05, 0.1) is 18.1 Å². The van der Waals surface area contributed by atoms with Gasteiger partial charge in [0, 0.05) is 48.6 Å². The lowest BCUT2D eigenvalue weighted by Crippen LogP contribution is -2.33. The molecule has 8 nitrogen and oxygen atoms in total. The number of nitrogens with one attached hydrogen (secondary N) is 2. The third kappa shape index (κ3) is 4.64. The van der Waals surface area contributed by atoms with Crippen molar-refractivity contribution in [2.24, 2.45) is 0 Å². The second kappa shape index (κ2) is 8.85. The van der Waals surface area contributed by atoms with Crippen molar-refractivity contribution < 1.29 is 17.5 Å². The standard InChI is InChI=1S/C23H26FN5O3S/c1-33(30,31)29-8-6-15(7-9-29)21-12-19-22(26-14-27-23(19)28-21)18-11-16(4-5-20(18)24)25-13-17-3-2-10-32-17/h4-6,11-12,14,17,25H,2-3,7-10,13H2,1H3,(H,26,27,28). The summed E-state index contributed by atoms with van der Waals surface area (Å²) < 4.78 is 45.5. The fourth-order valence-corrected chi connectivity index (χ4v) is 5.15. The Kier molecular flexibility index (Phi) is 5.90. The number of ether oxygens (including phenoxy) is 1. The van der Waals surface area contributed by atoms with Crippen LogP contribution in [0.4, 0.5) is 10.1 Å². The van der Waals surface area contributed by atoms with Crippen molar-refractivity contribution in [2.45, 2.75) is 25.4 Å². The van der Waals surface area contributed by atoms with E-state index in [0.29, 0.717) is 48.3 Å². The van der Waals surface area contributed by atoms with Crippen LogP contribution in [0.15, 0.2) is 36.7 Å². The zero-order chi connectivity index (χ0) is 23.0. The number of hydrogen-bond acceptors (Lipinski definition) is 6. The molecule has 1 atom stereocenters. The molecule has 2 N–H and O–H groups in total. The molecule has 5 rings (SSSR count). The Morgan fingerprint density at radius 1 is 1.30 bits per heavy atom. The van der Waals surface area contributed by atoms with E-state index in [9.17, 15) is 12.8 Å². The summed E-state index contributed by atoms with van der Waals surface area (Å²) in [5, 5.41) is 4.06. The number of rotatable bonds is 6. The Morgan fingerprint density at radius 2 is 2.18 bits per heavy atom. The molecule has 10 heteroatoms. The summed E-state index contributed by atoms with van der Waals surface area (Å²) in [7, 11) is -3.22. The molecule has 1 aromatic carbocycles. The Balaban J connectivity index is 1.44. The summed E-state index contributed by atoms with van der Waals surface area (Å²) in [5.41, 5.74) is 4.17. The van der Waals surface area contributed by atoms with Gasteiger partial charge in [-0.1, -0.05) is 6.08 Å². The quantitative estimate of drug-likeness (QED) is 0.572. The Hall–Kier alpha value is -2.82. The van der Waals surface area contributed by atoms with Gasteiger partial charge >= 0.3 is 0 Å². The van der Waals surface area contributed by atoms with Crippen molar-refractivity contribution in [3.8, 4) is 11.3 Å².